The van der Waals surface area contributed by atoms with Gasteiger partial charge in [0.15, 0.2) is 0 Å². The minimum absolute atomic E-state index is 0.881. The lowest BCUT2D eigenvalue weighted by atomic mass is 10.1. The van der Waals surface area contributed by atoms with Crippen LogP contribution in [-0.4, -0.2) is 19.9 Å². The highest BCUT2D eigenvalue weighted by Gasteiger charge is 2.06. The van der Waals surface area contributed by atoms with Crippen LogP contribution in [0.2, 0.25) is 0 Å². The predicted octanol–water partition coefficient (Wildman–Crippen LogP) is 3.05. The van der Waals surface area contributed by atoms with Crippen molar-refractivity contribution in [3.63, 3.8) is 0 Å². The summed E-state index contributed by atoms with van der Waals surface area (Å²) in [5.41, 5.74) is 2.84. The van der Waals surface area contributed by atoms with Crippen LogP contribution >= 0.6 is 0 Å². The summed E-state index contributed by atoms with van der Waals surface area (Å²) in [4.78, 5) is 15.5. The van der Waals surface area contributed by atoms with E-state index < -0.39 is 0 Å². The normalized spacial score (nSPS) is 9.76. The molecule has 1 N–H and O–H groups in total. The van der Waals surface area contributed by atoms with Crippen molar-refractivity contribution in [1.82, 2.24) is 19.9 Å². The highest BCUT2D eigenvalue weighted by Crippen LogP contribution is 2.24. The molecule has 17 heavy (non-hydrogen) atoms. The molecule has 86 valence electrons. The van der Waals surface area contributed by atoms with Crippen LogP contribution in [0.15, 0.2) is 43.1 Å². The molecule has 0 saturated heterocycles. The van der Waals surface area contributed by atoms with Crippen molar-refractivity contribution >= 4 is 11.0 Å². The molecule has 3 aromatic rings. The van der Waals surface area contributed by atoms with Gasteiger partial charge in [-0.15, -0.1) is 0 Å². The highest BCUT2D eigenvalue weighted by atomic mass is 14.9. The van der Waals surface area contributed by atoms with Gasteiger partial charge in [-0.1, -0.05) is 13.8 Å². The molecule has 0 saturated carbocycles. The van der Waals surface area contributed by atoms with Crippen molar-refractivity contribution in [3.05, 3.63) is 43.1 Å². The monoisotopic (exact) mass is 226 g/mol. The number of aromatic amines is 1. The lowest BCUT2D eigenvalue weighted by molar-refractivity contribution is 1.17. The fourth-order valence-electron chi connectivity index (χ4n) is 1.62. The summed E-state index contributed by atoms with van der Waals surface area (Å²) in [6, 6.07) is 5.83. The molecule has 0 fully saturated rings. The second-order valence-electron chi connectivity index (χ2n) is 3.20. The maximum Gasteiger partial charge on any atom is 0.137 e. The van der Waals surface area contributed by atoms with Crippen LogP contribution in [0, 0.1) is 0 Å². The number of aromatic nitrogens is 4. The van der Waals surface area contributed by atoms with E-state index in [1.807, 2.05) is 38.2 Å². The van der Waals surface area contributed by atoms with Crippen molar-refractivity contribution < 1.29 is 0 Å². The molecular weight excluding hydrogens is 212 g/mol. The summed E-state index contributed by atoms with van der Waals surface area (Å²) in [6.07, 6.45) is 6.96. The quantitative estimate of drug-likeness (QED) is 0.693. The van der Waals surface area contributed by atoms with Gasteiger partial charge in [0.1, 0.15) is 12.0 Å². The van der Waals surface area contributed by atoms with Crippen molar-refractivity contribution in [2.45, 2.75) is 13.8 Å². The van der Waals surface area contributed by atoms with Gasteiger partial charge in [0.2, 0.25) is 0 Å². The number of H-pyrrole nitrogens is 1. The lowest BCUT2D eigenvalue weighted by Gasteiger charge is -1.95. The average molecular weight is 226 g/mol. The van der Waals surface area contributed by atoms with Crippen LogP contribution in [0.3, 0.4) is 0 Å². The molecule has 3 rings (SSSR count). The number of pyridine rings is 1. The molecule has 0 aliphatic carbocycles. The number of nitrogens with zero attached hydrogens (tertiary/aromatic N) is 3. The average Bonchev–Trinajstić information content (AvgIpc) is 2.86. The van der Waals surface area contributed by atoms with Gasteiger partial charge >= 0.3 is 0 Å². The second-order valence-corrected chi connectivity index (χ2v) is 3.20. The third-order valence-electron chi connectivity index (χ3n) is 2.31. The van der Waals surface area contributed by atoms with Crippen LogP contribution in [0.4, 0.5) is 0 Å². The third kappa shape index (κ3) is 2.15. The summed E-state index contributed by atoms with van der Waals surface area (Å²) >= 11 is 0. The smallest absolute Gasteiger partial charge is 0.137 e. The molecule has 0 atom stereocenters. The van der Waals surface area contributed by atoms with Gasteiger partial charge in [0, 0.05) is 29.5 Å². The van der Waals surface area contributed by atoms with Gasteiger partial charge in [-0.3, -0.25) is 0 Å². The van der Waals surface area contributed by atoms with E-state index in [0.717, 1.165) is 22.3 Å². The maximum atomic E-state index is 4.23. The first-order chi connectivity index (χ1) is 8.45. The van der Waals surface area contributed by atoms with Crippen LogP contribution in [-0.2, 0) is 0 Å². The first-order valence-electron chi connectivity index (χ1n) is 5.63. The van der Waals surface area contributed by atoms with E-state index in [4.69, 9.17) is 0 Å². The third-order valence-corrected chi connectivity index (χ3v) is 2.31. The van der Waals surface area contributed by atoms with Gasteiger partial charge in [-0.25, -0.2) is 15.0 Å². The standard InChI is InChI=1S/C11H8N4.C2H6/c1-2-8-9(6-14-11(8)13-4-1)10-3-5-12-7-15-10;1-2/h1-7H,(H,13,14);1-2H3. The number of nitrogens with one attached hydrogen (secondary N) is 1. The number of hydrogen-bond acceptors (Lipinski definition) is 3. The molecular formula is C13H14N4. The van der Waals surface area contributed by atoms with Crippen molar-refractivity contribution in [1.29, 1.82) is 0 Å². The van der Waals surface area contributed by atoms with Gasteiger partial charge in [0.25, 0.3) is 0 Å². The Balaban J connectivity index is 0.000000514. The van der Waals surface area contributed by atoms with Gasteiger partial charge < -0.3 is 4.98 Å². The minimum atomic E-state index is 0.881. The Labute approximate surface area is 99.8 Å². The van der Waals surface area contributed by atoms with E-state index in [9.17, 15) is 0 Å². The van der Waals surface area contributed by atoms with Crippen molar-refractivity contribution in [2.75, 3.05) is 0 Å². The van der Waals surface area contributed by atoms with Crippen molar-refractivity contribution in [2.24, 2.45) is 0 Å². The number of hydrogen-bond donors (Lipinski definition) is 1. The molecule has 4 nitrogen and oxygen atoms in total. The fraction of sp³-hybridized carbons (Fsp3) is 0.154. The Morgan fingerprint density at radius 2 is 1.94 bits per heavy atom. The lowest BCUT2D eigenvalue weighted by Crippen LogP contribution is -1.82. The topological polar surface area (TPSA) is 54.5 Å². The first-order valence-corrected chi connectivity index (χ1v) is 5.63. The SMILES string of the molecule is CC.c1cnc2[nH]cc(-c3ccncn3)c2c1. The second kappa shape index (κ2) is 5.21. The van der Waals surface area contributed by atoms with E-state index in [0.29, 0.717) is 0 Å². The van der Waals surface area contributed by atoms with E-state index in [1.54, 1.807) is 18.7 Å². The highest BCUT2D eigenvalue weighted by molar-refractivity contribution is 5.92. The summed E-state index contributed by atoms with van der Waals surface area (Å²) in [5.74, 6) is 0. The van der Waals surface area contributed by atoms with Crippen LogP contribution in [0.5, 0.6) is 0 Å². The minimum Gasteiger partial charge on any atom is -0.345 e. The molecule has 0 unspecified atom stereocenters. The predicted molar refractivity (Wildman–Crippen MR) is 68.5 cm³/mol. The summed E-state index contributed by atoms with van der Waals surface area (Å²) in [6.45, 7) is 4.00. The van der Waals surface area contributed by atoms with Crippen LogP contribution < -0.4 is 0 Å². The zero-order valence-electron chi connectivity index (χ0n) is 9.88. The Bertz CT molecular complexity index is 586. The van der Waals surface area contributed by atoms with Gasteiger partial charge in [-0.05, 0) is 18.2 Å². The van der Waals surface area contributed by atoms with Crippen LogP contribution in [0.25, 0.3) is 22.3 Å². The Hall–Kier alpha value is -2.23. The first kappa shape index (κ1) is 11.3. The molecule has 0 amide bonds. The summed E-state index contributed by atoms with van der Waals surface area (Å²) < 4.78 is 0. The Morgan fingerprint density at radius 3 is 2.71 bits per heavy atom. The molecule has 0 bridgehead atoms. The van der Waals surface area contributed by atoms with Crippen LogP contribution in [0.1, 0.15) is 13.8 Å². The molecule has 0 aliphatic heterocycles. The fourth-order valence-corrected chi connectivity index (χ4v) is 1.62. The zero-order valence-corrected chi connectivity index (χ0v) is 9.88. The summed E-state index contributed by atoms with van der Waals surface area (Å²) in [5, 5.41) is 1.08. The van der Waals surface area contributed by atoms with Gasteiger partial charge in [0.05, 0.1) is 5.69 Å². The van der Waals surface area contributed by atoms with Crippen molar-refractivity contribution in [3.8, 4) is 11.3 Å². The molecule has 0 aliphatic rings. The molecule has 0 spiro atoms. The Kier molecular flexibility index (Phi) is 3.45. The molecule has 4 heteroatoms. The number of fused-ring (bicyclic) bond motifs is 1. The summed E-state index contributed by atoms with van der Waals surface area (Å²) in [7, 11) is 0. The van der Waals surface area contributed by atoms with E-state index in [-0.39, 0.29) is 0 Å². The molecule has 3 aromatic heterocycles. The molecule has 3 heterocycles. The number of rotatable bonds is 1. The van der Waals surface area contributed by atoms with E-state index in [2.05, 4.69) is 19.9 Å². The largest absolute Gasteiger partial charge is 0.345 e. The molecule has 0 aromatic carbocycles. The maximum absolute atomic E-state index is 4.23. The Morgan fingerprint density at radius 1 is 1.06 bits per heavy atom. The van der Waals surface area contributed by atoms with E-state index in [1.165, 1.54) is 0 Å². The van der Waals surface area contributed by atoms with Gasteiger partial charge in [-0.2, -0.15) is 0 Å². The zero-order chi connectivity index (χ0) is 12.1. The molecule has 0 radical (unpaired) electrons. The van der Waals surface area contributed by atoms with E-state index >= 15 is 0 Å².